The van der Waals surface area contributed by atoms with E-state index in [0.717, 1.165) is 4.57 Å². The summed E-state index contributed by atoms with van der Waals surface area (Å²) in [6.45, 7) is -0.342. The van der Waals surface area contributed by atoms with Gasteiger partial charge in [-0.1, -0.05) is 41.4 Å². The third-order valence-electron chi connectivity index (χ3n) is 3.41. The standard InChI is InChI=1S/C16H11Cl2N3O3/c17-9-4-3-5-10(18)14(9)20-13(22)8-21-12-7-2-1-6-11(12)19-15(23)16(21)24/h1-7H,8H2,(H,19,23)(H,20,22). The van der Waals surface area contributed by atoms with Gasteiger partial charge in [-0.2, -0.15) is 0 Å². The van der Waals surface area contributed by atoms with E-state index in [-0.39, 0.29) is 22.3 Å². The number of halogens is 2. The van der Waals surface area contributed by atoms with Crippen LogP contribution in [0.1, 0.15) is 0 Å². The maximum Gasteiger partial charge on any atom is 0.317 e. The fourth-order valence-corrected chi connectivity index (χ4v) is 2.81. The number of amides is 1. The van der Waals surface area contributed by atoms with E-state index in [0.29, 0.717) is 11.0 Å². The van der Waals surface area contributed by atoms with Gasteiger partial charge in [-0.3, -0.25) is 19.0 Å². The highest BCUT2D eigenvalue weighted by molar-refractivity contribution is 6.39. The molecule has 0 spiro atoms. The van der Waals surface area contributed by atoms with E-state index in [1.54, 1.807) is 42.5 Å². The van der Waals surface area contributed by atoms with Crippen molar-refractivity contribution < 1.29 is 4.79 Å². The average Bonchev–Trinajstić information content (AvgIpc) is 2.55. The molecular formula is C16H11Cl2N3O3. The van der Waals surface area contributed by atoms with E-state index >= 15 is 0 Å². The topological polar surface area (TPSA) is 84.0 Å². The van der Waals surface area contributed by atoms with Crippen molar-refractivity contribution >= 4 is 45.8 Å². The van der Waals surface area contributed by atoms with Gasteiger partial charge >= 0.3 is 11.1 Å². The van der Waals surface area contributed by atoms with Gasteiger partial charge in [-0.25, -0.2) is 0 Å². The second kappa shape index (κ2) is 6.51. The van der Waals surface area contributed by atoms with Crippen molar-refractivity contribution in [2.75, 3.05) is 5.32 Å². The number of benzene rings is 2. The summed E-state index contributed by atoms with van der Waals surface area (Å²) in [6.07, 6.45) is 0. The SMILES string of the molecule is O=C(Cn1c(=O)c(=O)[nH]c2ccccc21)Nc1c(Cl)cccc1Cl. The smallest absolute Gasteiger partial charge is 0.317 e. The van der Waals surface area contributed by atoms with Gasteiger partial charge in [0.2, 0.25) is 5.91 Å². The van der Waals surface area contributed by atoms with Crippen molar-refractivity contribution in [3.63, 3.8) is 0 Å². The van der Waals surface area contributed by atoms with Gasteiger partial charge in [0.05, 0.1) is 26.8 Å². The van der Waals surface area contributed by atoms with Gasteiger partial charge in [0, 0.05) is 0 Å². The molecule has 122 valence electrons. The summed E-state index contributed by atoms with van der Waals surface area (Å²) in [7, 11) is 0. The van der Waals surface area contributed by atoms with E-state index in [1.165, 1.54) is 0 Å². The summed E-state index contributed by atoms with van der Waals surface area (Å²) in [5.41, 5.74) is -0.437. The molecular weight excluding hydrogens is 353 g/mol. The molecule has 1 aromatic heterocycles. The lowest BCUT2D eigenvalue weighted by Gasteiger charge is -2.12. The first-order valence-electron chi connectivity index (χ1n) is 6.93. The summed E-state index contributed by atoms with van der Waals surface area (Å²) in [5, 5.41) is 3.12. The van der Waals surface area contributed by atoms with Crippen LogP contribution in [0.3, 0.4) is 0 Å². The highest BCUT2D eigenvalue weighted by atomic mass is 35.5. The number of para-hydroxylation sites is 3. The van der Waals surface area contributed by atoms with E-state index < -0.39 is 17.0 Å². The second-order valence-electron chi connectivity index (χ2n) is 5.01. The Hall–Kier alpha value is -2.57. The molecule has 1 amide bonds. The second-order valence-corrected chi connectivity index (χ2v) is 5.82. The van der Waals surface area contributed by atoms with Crippen LogP contribution >= 0.6 is 23.2 Å². The highest BCUT2D eigenvalue weighted by Crippen LogP contribution is 2.29. The van der Waals surface area contributed by atoms with Crippen LogP contribution in [0, 0.1) is 0 Å². The zero-order valence-electron chi connectivity index (χ0n) is 12.2. The Balaban J connectivity index is 1.98. The van der Waals surface area contributed by atoms with Crippen LogP contribution in [-0.2, 0) is 11.3 Å². The van der Waals surface area contributed by atoms with Crippen LogP contribution in [0.15, 0.2) is 52.1 Å². The Morgan fingerprint density at radius 2 is 1.71 bits per heavy atom. The molecule has 0 aliphatic rings. The minimum Gasteiger partial charge on any atom is -0.322 e. The third kappa shape index (κ3) is 3.06. The predicted octanol–water partition coefficient (Wildman–Crippen LogP) is 2.64. The first-order chi connectivity index (χ1) is 11.5. The molecule has 0 saturated carbocycles. The molecule has 3 aromatic rings. The van der Waals surface area contributed by atoms with Gasteiger partial charge in [-0.15, -0.1) is 0 Å². The summed E-state index contributed by atoms with van der Waals surface area (Å²) in [5.74, 6) is -0.525. The monoisotopic (exact) mass is 363 g/mol. The van der Waals surface area contributed by atoms with Crippen LogP contribution in [0.2, 0.25) is 10.0 Å². The normalized spacial score (nSPS) is 10.8. The largest absolute Gasteiger partial charge is 0.322 e. The highest BCUT2D eigenvalue weighted by Gasteiger charge is 2.14. The summed E-state index contributed by atoms with van der Waals surface area (Å²) >= 11 is 12.0. The van der Waals surface area contributed by atoms with Crippen molar-refractivity contribution in [1.82, 2.24) is 9.55 Å². The van der Waals surface area contributed by atoms with E-state index in [4.69, 9.17) is 23.2 Å². The number of hydrogen-bond acceptors (Lipinski definition) is 3. The molecule has 6 nitrogen and oxygen atoms in total. The molecule has 0 bridgehead atoms. The molecule has 0 aliphatic heterocycles. The number of aromatic amines is 1. The quantitative estimate of drug-likeness (QED) is 0.701. The maximum atomic E-state index is 12.3. The van der Waals surface area contributed by atoms with Gasteiger partial charge in [0.15, 0.2) is 0 Å². The van der Waals surface area contributed by atoms with Crippen molar-refractivity contribution in [3.8, 4) is 0 Å². The lowest BCUT2D eigenvalue weighted by molar-refractivity contribution is -0.116. The molecule has 0 radical (unpaired) electrons. The van der Waals surface area contributed by atoms with E-state index in [2.05, 4.69) is 10.3 Å². The van der Waals surface area contributed by atoms with Crippen molar-refractivity contribution in [1.29, 1.82) is 0 Å². The number of H-pyrrole nitrogens is 1. The van der Waals surface area contributed by atoms with Crippen LogP contribution in [0.5, 0.6) is 0 Å². The molecule has 2 aromatic carbocycles. The van der Waals surface area contributed by atoms with Gasteiger partial charge < -0.3 is 10.3 Å². The maximum absolute atomic E-state index is 12.3. The fraction of sp³-hybridized carbons (Fsp3) is 0.0625. The molecule has 0 saturated heterocycles. The summed E-state index contributed by atoms with van der Waals surface area (Å²) in [4.78, 5) is 38.6. The number of nitrogens with one attached hydrogen (secondary N) is 2. The number of fused-ring (bicyclic) bond motifs is 1. The Labute approximate surface area is 145 Å². The predicted molar refractivity (Wildman–Crippen MR) is 93.9 cm³/mol. The number of anilines is 1. The molecule has 24 heavy (non-hydrogen) atoms. The number of aromatic nitrogens is 2. The zero-order valence-corrected chi connectivity index (χ0v) is 13.7. The number of carbonyl (C=O) groups excluding carboxylic acids is 1. The van der Waals surface area contributed by atoms with Gasteiger partial charge in [-0.05, 0) is 24.3 Å². The fourth-order valence-electron chi connectivity index (χ4n) is 2.32. The molecule has 0 aliphatic carbocycles. The lowest BCUT2D eigenvalue weighted by Crippen LogP contribution is -2.38. The minimum absolute atomic E-state index is 0.257. The van der Waals surface area contributed by atoms with Crippen LogP contribution in [0.4, 0.5) is 5.69 Å². The van der Waals surface area contributed by atoms with E-state index in [9.17, 15) is 14.4 Å². The van der Waals surface area contributed by atoms with Gasteiger partial charge in [0.25, 0.3) is 0 Å². The molecule has 0 atom stereocenters. The summed E-state index contributed by atoms with van der Waals surface area (Å²) in [6, 6.07) is 11.5. The Bertz CT molecular complexity index is 1040. The van der Waals surface area contributed by atoms with Crippen LogP contribution in [0.25, 0.3) is 11.0 Å². The number of carbonyl (C=O) groups is 1. The molecule has 0 fully saturated rings. The van der Waals surface area contributed by atoms with Crippen molar-refractivity contribution in [2.24, 2.45) is 0 Å². The summed E-state index contributed by atoms with van der Waals surface area (Å²) < 4.78 is 1.11. The molecule has 2 N–H and O–H groups in total. The number of nitrogens with zero attached hydrogens (tertiary/aromatic N) is 1. The molecule has 1 heterocycles. The lowest BCUT2D eigenvalue weighted by atomic mass is 10.3. The van der Waals surface area contributed by atoms with Crippen LogP contribution < -0.4 is 16.4 Å². The zero-order chi connectivity index (χ0) is 17.3. The van der Waals surface area contributed by atoms with Crippen molar-refractivity contribution in [2.45, 2.75) is 6.54 Å². The first kappa shape index (κ1) is 16.3. The number of hydrogen-bond donors (Lipinski definition) is 2. The molecule has 3 rings (SSSR count). The Morgan fingerprint density at radius 1 is 1.04 bits per heavy atom. The third-order valence-corrected chi connectivity index (χ3v) is 4.04. The van der Waals surface area contributed by atoms with E-state index in [1.807, 2.05) is 0 Å². The van der Waals surface area contributed by atoms with Crippen molar-refractivity contribution in [3.05, 3.63) is 73.2 Å². The molecule has 0 unspecified atom stereocenters. The van der Waals surface area contributed by atoms with Gasteiger partial charge in [0.1, 0.15) is 6.54 Å². The first-order valence-corrected chi connectivity index (χ1v) is 7.68. The molecule has 8 heteroatoms. The van der Waals surface area contributed by atoms with Crippen LogP contribution in [-0.4, -0.2) is 15.5 Å². The Morgan fingerprint density at radius 3 is 2.42 bits per heavy atom. The average molecular weight is 364 g/mol. The Kier molecular flexibility index (Phi) is 4.42. The number of rotatable bonds is 3. The minimum atomic E-state index is -0.811.